The van der Waals surface area contributed by atoms with Crippen molar-refractivity contribution in [1.82, 2.24) is 5.43 Å². The smallest absolute Gasteiger partial charge is 0.0611 e. The van der Waals surface area contributed by atoms with Crippen LogP contribution in [0.5, 0.6) is 0 Å². The Balaban J connectivity index is 2.03. The third-order valence-corrected chi connectivity index (χ3v) is 4.21. The number of halogens is 1. The van der Waals surface area contributed by atoms with Crippen LogP contribution in [-0.4, -0.2) is 6.04 Å². The van der Waals surface area contributed by atoms with Crippen molar-refractivity contribution < 1.29 is 0 Å². The highest BCUT2D eigenvalue weighted by Crippen LogP contribution is 2.33. The number of benzene rings is 2. The van der Waals surface area contributed by atoms with Crippen molar-refractivity contribution in [1.29, 1.82) is 0 Å². The second-order valence-electron chi connectivity index (χ2n) is 6.06. The van der Waals surface area contributed by atoms with E-state index in [9.17, 15) is 0 Å². The molecule has 1 N–H and O–H groups in total. The molecular weight excluding hydrogens is 292 g/mol. The Morgan fingerprint density at radius 3 is 2.32 bits per heavy atom. The Bertz CT molecular complexity index is 689. The van der Waals surface area contributed by atoms with Gasteiger partial charge in [0.15, 0.2) is 0 Å². The van der Waals surface area contributed by atoms with Crippen molar-refractivity contribution in [2.24, 2.45) is 0 Å². The van der Waals surface area contributed by atoms with Crippen molar-refractivity contribution in [3.8, 4) is 11.1 Å². The zero-order chi connectivity index (χ0) is 15.7. The molecule has 1 heterocycles. The normalized spacial score (nSPS) is 17.5. The third kappa shape index (κ3) is 3.03. The van der Waals surface area contributed by atoms with Crippen molar-refractivity contribution in [3.63, 3.8) is 0 Å². The molecule has 0 amide bonds. The van der Waals surface area contributed by atoms with E-state index in [0.717, 1.165) is 5.02 Å². The molecule has 0 aliphatic carbocycles. The van der Waals surface area contributed by atoms with E-state index in [1.807, 2.05) is 12.1 Å². The number of hydrogen-bond donors (Lipinski definition) is 1. The highest BCUT2D eigenvalue weighted by atomic mass is 35.5. The molecule has 1 aliphatic rings. The van der Waals surface area contributed by atoms with Gasteiger partial charge in [-0.05, 0) is 53.8 Å². The van der Waals surface area contributed by atoms with Crippen LogP contribution in [0.25, 0.3) is 11.1 Å². The Hall–Kier alpha value is -1.77. The van der Waals surface area contributed by atoms with Crippen LogP contribution in [0.3, 0.4) is 0 Å². The first-order valence-corrected chi connectivity index (χ1v) is 8.06. The fourth-order valence-corrected chi connectivity index (χ4v) is 2.86. The molecule has 3 heteroatoms. The lowest BCUT2D eigenvalue weighted by molar-refractivity contribution is 0.678. The van der Waals surface area contributed by atoms with E-state index >= 15 is 0 Å². The van der Waals surface area contributed by atoms with Gasteiger partial charge in [0.05, 0.1) is 5.69 Å². The highest BCUT2D eigenvalue weighted by Gasteiger charge is 2.17. The molecule has 114 valence electrons. The number of rotatable bonds is 3. The monoisotopic (exact) mass is 312 g/mol. The molecule has 3 rings (SSSR count). The molecule has 0 radical (unpaired) electrons. The Morgan fingerprint density at radius 2 is 1.73 bits per heavy atom. The molecule has 22 heavy (non-hydrogen) atoms. The summed E-state index contributed by atoms with van der Waals surface area (Å²) in [6.07, 6.45) is 4.27. The molecule has 1 atom stereocenters. The summed E-state index contributed by atoms with van der Waals surface area (Å²) in [4.78, 5) is 0. The van der Waals surface area contributed by atoms with Crippen LogP contribution in [0.2, 0.25) is 5.02 Å². The van der Waals surface area contributed by atoms with Crippen molar-refractivity contribution in [3.05, 3.63) is 65.3 Å². The number of anilines is 1. The van der Waals surface area contributed by atoms with Gasteiger partial charge >= 0.3 is 0 Å². The second-order valence-corrected chi connectivity index (χ2v) is 6.50. The van der Waals surface area contributed by atoms with Crippen LogP contribution in [0, 0.1) is 0 Å². The molecule has 0 fully saturated rings. The maximum Gasteiger partial charge on any atom is 0.0611 e. The molecular formula is C19H21ClN2. The molecule has 1 unspecified atom stereocenters. The van der Waals surface area contributed by atoms with E-state index < -0.39 is 0 Å². The number of nitrogens with zero attached hydrogens (tertiary/aromatic N) is 1. The summed E-state index contributed by atoms with van der Waals surface area (Å²) in [6, 6.07) is 15.0. The van der Waals surface area contributed by atoms with E-state index in [2.05, 4.69) is 73.8 Å². The summed E-state index contributed by atoms with van der Waals surface area (Å²) in [5.74, 6) is 0.473. The van der Waals surface area contributed by atoms with Gasteiger partial charge in [-0.1, -0.05) is 49.7 Å². The van der Waals surface area contributed by atoms with Gasteiger partial charge in [-0.3, -0.25) is 5.01 Å². The Labute approximate surface area is 137 Å². The minimum atomic E-state index is 0.360. The first-order valence-electron chi connectivity index (χ1n) is 7.68. The third-order valence-electron chi connectivity index (χ3n) is 3.96. The van der Waals surface area contributed by atoms with Gasteiger partial charge in [0.2, 0.25) is 0 Å². The molecule has 0 bridgehead atoms. The second kappa shape index (κ2) is 6.15. The van der Waals surface area contributed by atoms with Gasteiger partial charge in [-0.2, -0.15) is 0 Å². The SMILES string of the molecule is CC1C=CN(c2cc(-c3ccc(Cl)cc3)ccc2C(C)C)N1. The van der Waals surface area contributed by atoms with Crippen LogP contribution >= 0.6 is 11.6 Å². The first-order chi connectivity index (χ1) is 10.5. The minimum Gasteiger partial charge on any atom is -0.284 e. The molecule has 0 aromatic heterocycles. The predicted molar refractivity (Wildman–Crippen MR) is 95.2 cm³/mol. The molecule has 2 aromatic rings. The maximum atomic E-state index is 5.99. The summed E-state index contributed by atoms with van der Waals surface area (Å²) in [5, 5.41) is 2.89. The zero-order valence-electron chi connectivity index (χ0n) is 13.2. The van der Waals surface area contributed by atoms with Crippen molar-refractivity contribution in [2.75, 3.05) is 5.01 Å². The lowest BCUT2D eigenvalue weighted by Crippen LogP contribution is -2.34. The van der Waals surface area contributed by atoms with E-state index in [1.165, 1.54) is 22.4 Å². The van der Waals surface area contributed by atoms with Gasteiger partial charge in [-0.25, -0.2) is 5.43 Å². The van der Waals surface area contributed by atoms with Gasteiger partial charge in [-0.15, -0.1) is 0 Å². The fourth-order valence-electron chi connectivity index (χ4n) is 2.73. The molecule has 2 nitrogen and oxygen atoms in total. The zero-order valence-corrected chi connectivity index (χ0v) is 13.9. The molecule has 0 spiro atoms. The van der Waals surface area contributed by atoms with Crippen LogP contribution in [0.4, 0.5) is 5.69 Å². The molecule has 2 aromatic carbocycles. The van der Waals surface area contributed by atoms with Gasteiger partial charge in [0, 0.05) is 17.3 Å². The fraction of sp³-hybridized carbons (Fsp3) is 0.263. The lowest BCUT2D eigenvalue weighted by atomic mass is 9.96. The van der Waals surface area contributed by atoms with Crippen LogP contribution in [-0.2, 0) is 0 Å². The van der Waals surface area contributed by atoms with E-state index in [1.54, 1.807) is 0 Å². The molecule has 1 aliphatic heterocycles. The van der Waals surface area contributed by atoms with E-state index in [4.69, 9.17) is 11.6 Å². The summed E-state index contributed by atoms with van der Waals surface area (Å²) in [6.45, 7) is 6.60. The van der Waals surface area contributed by atoms with Crippen LogP contribution in [0.1, 0.15) is 32.3 Å². The molecule has 0 saturated carbocycles. The predicted octanol–water partition coefficient (Wildman–Crippen LogP) is 5.36. The van der Waals surface area contributed by atoms with Gasteiger partial charge < -0.3 is 0 Å². The first kappa shape index (κ1) is 15.1. The largest absolute Gasteiger partial charge is 0.284 e. The average molecular weight is 313 g/mol. The number of nitrogens with one attached hydrogen (secondary N) is 1. The standard InChI is InChI=1S/C19H21ClN2/c1-13(2)18-9-6-16(15-4-7-17(20)8-5-15)12-19(18)22-11-10-14(3)21-22/h4-14,21H,1-3H3. The summed E-state index contributed by atoms with van der Waals surface area (Å²) < 4.78 is 0. The Morgan fingerprint density at radius 1 is 1.05 bits per heavy atom. The van der Waals surface area contributed by atoms with E-state index in [0.29, 0.717) is 12.0 Å². The summed E-state index contributed by atoms with van der Waals surface area (Å²) in [7, 11) is 0. The van der Waals surface area contributed by atoms with Gasteiger partial charge in [0.25, 0.3) is 0 Å². The topological polar surface area (TPSA) is 15.3 Å². The maximum absolute atomic E-state index is 5.99. The quantitative estimate of drug-likeness (QED) is 0.821. The summed E-state index contributed by atoms with van der Waals surface area (Å²) >= 11 is 5.99. The number of hydrogen-bond acceptors (Lipinski definition) is 2. The van der Waals surface area contributed by atoms with Crippen molar-refractivity contribution >= 4 is 17.3 Å². The lowest BCUT2D eigenvalue weighted by Gasteiger charge is -2.24. The van der Waals surface area contributed by atoms with Crippen molar-refractivity contribution in [2.45, 2.75) is 32.7 Å². The molecule has 0 saturated heterocycles. The average Bonchev–Trinajstić information content (AvgIpc) is 2.94. The van der Waals surface area contributed by atoms with E-state index in [-0.39, 0.29) is 0 Å². The highest BCUT2D eigenvalue weighted by molar-refractivity contribution is 6.30. The Kier molecular flexibility index (Phi) is 4.23. The van der Waals surface area contributed by atoms with Gasteiger partial charge in [0.1, 0.15) is 0 Å². The number of hydrazine groups is 1. The van der Waals surface area contributed by atoms with Crippen LogP contribution in [0.15, 0.2) is 54.7 Å². The van der Waals surface area contributed by atoms with Crippen LogP contribution < -0.4 is 10.4 Å². The minimum absolute atomic E-state index is 0.360. The summed E-state index contributed by atoms with van der Waals surface area (Å²) in [5.41, 5.74) is 8.38.